The molecule has 28 heavy (non-hydrogen) atoms. The van der Waals surface area contributed by atoms with Crippen molar-refractivity contribution in [2.45, 2.75) is 37.3 Å². The summed E-state index contributed by atoms with van der Waals surface area (Å²) in [7, 11) is 1.75. The molecule has 1 aromatic heterocycles. The quantitative estimate of drug-likeness (QED) is 0.571. The molecule has 2 aromatic rings. The van der Waals surface area contributed by atoms with Crippen LogP contribution in [0.4, 0.5) is 18.3 Å². The smallest absolute Gasteiger partial charge is 0.347 e. The van der Waals surface area contributed by atoms with Crippen LogP contribution in [-0.2, 0) is 11.8 Å². The summed E-state index contributed by atoms with van der Waals surface area (Å²) in [6, 6.07) is 4.20. The Kier molecular flexibility index (Phi) is 5.13. The number of hydrogen-bond donors (Lipinski definition) is 0. The Balaban J connectivity index is 1.71. The molecule has 0 amide bonds. The van der Waals surface area contributed by atoms with E-state index in [1.807, 2.05) is 0 Å². The van der Waals surface area contributed by atoms with E-state index in [9.17, 15) is 13.2 Å². The van der Waals surface area contributed by atoms with Gasteiger partial charge in [0.15, 0.2) is 5.13 Å². The predicted octanol–water partition coefficient (Wildman–Crippen LogP) is 5.92. The van der Waals surface area contributed by atoms with Gasteiger partial charge in [-0.25, -0.2) is 4.98 Å². The van der Waals surface area contributed by atoms with Crippen molar-refractivity contribution >= 4 is 45.4 Å². The van der Waals surface area contributed by atoms with Gasteiger partial charge < -0.3 is 4.90 Å². The van der Waals surface area contributed by atoms with E-state index in [0.29, 0.717) is 5.13 Å². The summed E-state index contributed by atoms with van der Waals surface area (Å²) in [5, 5.41) is 1.04. The molecule has 1 atom stereocenters. The number of fused-ring (bicyclic) bond motifs is 1. The van der Waals surface area contributed by atoms with Crippen LogP contribution in [0.5, 0.6) is 0 Å². The van der Waals surface area contributed by atoms with Gasteiger partial charge in [0.2, 0.25) is 0 Å². The zero-order valence-corrected chi connectivity index (χ0v) is 17.4. The van der Waals surface area contributed by atoms with Gasteiger partial charge in [-0.2, -0.15) is 13.2 Å². The van der Waals surface area contributed by atoms with Crippen molar-refractivity contribution in [3.05, 3.63) is 44.4 Å². The first-order chi connectivity index (χ1) is 13.2. The fraction of sp³-hybridized carbons (Fsp3) is 0.474. The third kappa shape index (κ3) is 3.31. The second-order valence-corrected chi connectivity index (χ2v) is 9.06. The molecule has 0 radical (unpaired) electrons. The number of nitrogens with zero attached hydrogens (tertiary/aromatic N) is 3. The maximum absolute atomic E-state index is 14.2. The van der Waals surface area contributed by atoms with Gasteiger partial charge in [0.1, 0.15) is 5.41 Å². The maximum Gasteiger partial charge on any atom is 0.400 e. The Morgan fingerprint density at radius 1 is 1.18 bits per heavy atom. The van der Waals surface area contributed by atoms with Gasteiger partial charge in [-0.1, -0.05) is 34.5 Å². The van der Waals surface area contributed by atoms with E-state index in [1.165, 1.54) is 29.5 Å². The van der Waals surface area contributed by atoms with Gasteiger partial charge in [0.05, 0.1) is 16.3 Å². The summed E-state index contributed by atoms with van der Waals surface area (Å²) >= 11 is 13.5. The monoisotopic (exact) mass is 447 g/mol. The van der Waals surface area contributed by atoms with Gasteiger partial charge in [-0.15, -0.1) is 0 Å². The first-order valence-corrected chi connectivity index (χ1v) is 10.5. The lowest BCUT2D eigenvalue weighted by Gasteiger charge is -2.32. The van der Waals surface area contributed by atoms with Gasteiger partial charge >= 0.3 is 6.18 Å². The molecule has 2 aliphatic rings. The van der Waals surface area contributed by atoms with E-state index in [2.05, 4.69) is 9.98 Å². The molecule has 1 aliphatic heterocycles. The number of anilines is 1. The molecule has 150 valence electrons. The van der Waals surface area contributed by atoms with Crippen molar-refractivity contribution in [3.63, 3.8) is 0 Å². The standard InChI is InChI=1S/C19H18Cl2F3N3S/c1-25-14-3-2-4-15-16(14)28-17(26-15)27-6-5-18(10-27,19(22,23)24)11-7-12(20)9-13(21)8-11/h7-9H,2-6,10H2,1H3. The molecule has 4 rings (SSSR count). The fourth-order valence-corrected chi connectivity index (χ4v) is 5.78. The molecular weight excluding hydrogens is 430 g/mol. The molecule has 0 bridgehead atoms. The summed E-state index contributed by atoms with van der Waals surface area (Å²) in [5.74, 6) is 0. The number of hydrogen-bond acceptors (Lipinski definition) is 4. The van der Waals surface area contributed by atoms with Gasteiger partial charge in [-0.3, -0.25) is 4.99 Å². The summed E-state index contributed by atoms with van der Waals surface area (Å²) in [6.07, 6.45) is -1.79. The SMILES string of the molecule is CN=C1CCCc2nc(N3CCC(c4cc(Cl)cc(Cl)c4)(C(F)(F)F)C3)sc21. The number of thiazole rings is 1. The minimum Gasteiger partial charge on any atom is -0.347 e. The number of aryl methyl sites for hydroxylation is 1. The second kappa shape index (κ2) is 7.18. The van der Waals surface area contributed by atoms with Crippen LogP contribution in [0.2, 0.25) is 10.0 Å². The summed E-state index contributed by atoms with van der Waals surface area (Å²) < 4.78 is 42.7. The molecule has 0 saturated carbocycles. The molecule has 1 unspecified atom stereocenters. The van der Waals surface area contributed by atoms with Crippen molar-refractivity contribution in [1.82, 2.24) is 4.98 Å². The summed E-state index contributed by atoms with van der Waals surface area (Å²) in [6.45, 7) is 0.0762. The molecule has 0 N–H and O–H groups in total. The minimum absolute atomic E-state index is 0.0634. The second-order valence-electron chi connectivity index (χ2n) is 7.21. The highest BCUT2D eigenvalue weighted by atomic mass is 35.5. The molecule has 1 fully saturated rings. The van der Waals surface area contributed by atoms with Crippen LogP contribution >= 0.6 is 34.5 Å². The van der Waals surface area contributed by atoms with Crippen molar-refractivity contribution in [2.24, 2.45) is 4.99 Å². The fourth-order valence-electron chi connectivity index (χ4n) is 4.05. The van der Waals surface area contributed by atoms with Crippen LogP contribution in [0.25, 0.3) is 0 Å². The van der Waals surface area contributed by atoms with Crippen LogP contribution in [0.1, 0.15) is 35.4 Å². The predicted molar refractivity (Wildman–Crippen MR) is 109 cm³/mol. The Bertz CT molecular complexity index is 921. The van der Waals surface area contributed by atoms with E-state index in [0.717, 1.165) is 35.5 Å². The topological polar surface area (TPSA) is 28.5 Å². The van der Waals surface area contributed by atoms with Crippen LogP contribution in [0, 0.1) is 0 Å². The maximum atomic E-state index is 14.2. The Hall–Kier alpha value is -1.31. The van der Waals surface area contributed by atoms with Crippen molar-refractivity contribution in [3.8, 4) is 0 Å². The molecule has 0 spiro atoms. The van der Waals surface area contributed by atoms with E-state index < -0.39 is 11.6 Å². The zero-order chi connectivity index (χ0) is 20.1. The normalized spacial score (nSPS) is 24.1. The number of benzene rings is 1. The summed E-state index contributed by atoms with van der Waals surface area (Å²) in [4.78, 5) is 11.7. The molecule has 1 saturated heterocycles. The Labute approximate surface area is 175 Å². The first-order valence-electron chi connectivity index (χ1n) is 8.97. The van der Waals surface area contributed by atoms with Crippen LogP contribution in [-0.4, -0.2) is 37.0 Å². The lowest BCUT2D eigenvalue weighted by molar-refractivity contribution is -0.184. The largest absolute Gasteiger partial charge is 0.400 e. The number of aliphatic imine (C=N–C) groups is 1. The third-order valence-electron chi connectivity index (χ3n) is 5.54. The number of rotatable bonds is 2. The molecular formula is C19H18Cl2F3N3S. The van der Waals surface area contributed by atoms with Crippen LogP contribution in [0.3, 0.4) is 0 Å². The Morgan fingerprint density at radius 2 is 1.89 bits per heavy atom. The highest BCUT2D eigenvalue weighted by molar-refractivity contribution is 7.17. The number of aromatic nitrogens is 1. The van der Waals surface area contributed by atoms with Gasteiger partial charge in [0.25, 0.3) is 0 Å². The van der Waals surface area contributed by atoms with Gasteiger partial charge in [0, 0.05) is 30.2 Å². The van der Waals surface area contributed by atoms with Crippen molar-refractivity contribution in [1.29, 1.82) is 0 Å². The average molecular weight is 448 g/mol. The number of halogens is 5. The summed E-state index contributed by atoms with van der Waals surface area (Å²) in [5.41, 5.74) is 0.0299. The molecule has 9 heteroatoms. The van der Waals surface area contributed by atoms with E-state index in [4.69, 9.17) is 23.2 Å². The van der Waals surface area contributed by atoms with Crippen LogP contribution < -0.4 is 4.90 Å². The number of alkyl halides is 3. The Morgan fingerprint density at radius 3 is 2.54 bits per heavy atom. The first kappa shape index (κ1) is 20.0. The van der Waals surface area contributed by atoms with E-state index in [1.54, 1.807) is 11.9 Å². The lowest BCUT2D eigenvalue weighted by atomic mass is 9.79. The molecule has 2 heterocycles. The van der Waals surface area contributed by atoms with Crippen molar-refractivity contribution in [2.75, 3.05) is 25.0 Å². The van der Waals surface area contributed by atoms with Crippen molar-refractivity contribution < 1.29 is 13.2 Å². The van der Waals surface area contributed by atoms with E-state index in [-0.39, 0.29) is 35.1 Å². The molecule has 3 nitrogen and oxygen atoms in total. The average Bonchev–Trinajstić information content (AvgIpc) is 3.25. The highest BCUT2D eigenvalue weighted by Gasteiger charge is 2.59. The molecule has 1 aromatic carbocycles. The minimum atomic E-state index is -4.43. The zero-order valence-electron chi connectivity index (χ0n) is 15.1. The van der Waals surface area contributed by atoms with Crippen LogP contribution in [0.15, 0.2) is 23.2 Å². The van der Waals surface area contributed by atoms with E-state index >= 15 is 0 Å². The highest BCUT2D eigenvalue weighted by Crippen LogP contribution is 2.50. The molecule has 1 aliphatic carbocycles. The third-order valence-corrected chi connectivity index (χ3v) is 7.19. The lowest BCUT2D eigenvalue weighted by Crippen LogP contribution is -2.44. The van der Waals surface area contributed by atoms with Gasteiger partial charge in [-0.05, 0) is 49.4 Å².